The van der Waals surface area contributed by atoms with Crippen molar-refractivity contribution in [2.45, 2.75) is 32.2 Å². The molecule has 1 saturated heterocycles. The Morgan fingerprint density at radius 1 is 1.32 bits per heavy atom. The van der Waals surface area contributed by atoms with Crippen LogP contribution in [0.1, 0.15) is 35.2 Å². The van der Waals surface area contributed by atoms with E-state index in [1.54, 1.807) is 11.0 Å². The summed E-state index contributed by atoms with van der Waals surface area (Å²) < 4.78 is 4.80. The first-order valence-electron chi connectivity index (χ1n) is 6.59. The molecule has 1 heterocycles. The van der Waals surface area contributed by atoms with Gasteiger partial charge in [0.05, 0.1) is 7.11 Å². The predicted octanol–water partition coefficient (Wildman–Crippen LogP) is 2.16. The number of aryl methyl sites for hydroxylation is 1. The number of carbonyl (C=O) groups is 2. The Morgan fingerprint density at radius 2 is 2.11 bits per heavy atom. The molecule has 0 aromatic heterocycles. The van der Waals surface area contributed by atoms with E-state index in [0.29, 0.717) is 18.5 Å². The maximum atomic E-state index is 12.5. The second-order valence-corrected chi connectivity index (χ2v) is 4.90. The predicted molar refractivity (Wildman–Crippen MR) is 71.9 cm³/mol. The number of rotatable bonds is 2. The highest BCUT2D eigenvalue weighted by molar-refractivity contribution is 5.97. The van der Waals surface area contributed by atoms with Gasteiger partial charge in [0, 0.05) is 12.1 Å². The maximum Gasteiger partial charge on any atom is 0.328 e. The van der Waals surface area contributed by atoms with Gasteiger partial charge in [-0.25, -0.2) is 4.79 Å². The van der Waals surface area contributed by atoms with E-state index >= 15 is 0 Å². The molecule has 1 aliphatic heterocycles. The average molecular weight is 261 g/mol. The molecule has 1 amide bonds. The maximum absolute atomic E-state index is 12.5. The van der Waals surface area contributed by atoms with Crippen molar-refractivity contribution >= 4 is 11.9 Å². The summed E-state index contributed by atoms with van der Waals surface area (Å²) in [5.41, 5.74) is 1.67. The minimum absolute atomic E-state index is 0.0844. The summed E-state index contributed by atoms with van der Waals surface area (Å²) in [6.45, 7) is 2.57. The number of hydrogen-bond acceptors (Lipinski definition) is 3. The average Bonchev–Trinajstić information content (AvgIpc) is 2.45. The molecule has 0 bridgehead atoms. The van der Waals surface area contributed by atoms with Gasteiger partial charge in [0.15, 0.2) is 0 Å². The monoisotopic (exact) mass is 261 g/mol. The molecule has 102 valence electrons. The summed E-state index contributed by atoms with van der Waals surface area (Å²) in [4.78, 5) is 25.9. The molecule has 1 aromatic rings. The van der Waals surface area contributed by atoms with Crippen LogP contribution >= 0.6 is 0 Å². The lowest BCUT2D eigenvalue weighted by Gasteiger charge is -2.33. The van der Waals surface area contributed by atoms with Gasteiger partial charge in [-0.2, -0.15) is 0 Å². The van der Waals surface area contributed by atoms with E-state index in [4.69, 9.17) is 4.74 Å². The zero-order chi connectivity index (χ0) is 13.8. The summed E-state index contributed by atoms with van der Waals surface area (Å²) in [7, 11) is 1.37. The number of nitrogens with zero attached hydrogens (tertiary/aromatic N) is 1. The highest BCUT2D eigenvalue weighted by Crippen LogP contribution is 2.21. The van der Waals surface area contributed by atoms with Crippen LogP contribution in [-0.4, -0.2) is 36.5 Å². The number of piperidine rings is 1. The van der Waals surface area contributed by atoms with E-state index < -0.39 is 6.04 Å². The van der Waals surface area contributed by atoms with Gasteiger partial charge in [-0.15, -0.1) is 0 Å². The SMILES string of the molecule is COC(=O)[C@@H]1CCCCN1C(=O)c1cccc(C)c1. The minimum atomic E-state index is -0.438. The van der Waals surface area contributed by atoms with Crippen LogP contribution < -0.4 is 0 Å². The molecule has 1 aromatic carbocycles. The Hall–Kier alpha value is -1.84. The highest BCUT2D eigenvalue weighted by atomic mass is 16.5. The number of amides is 1. The van der Waals surface area contributed by atoms with Crippen LogP contribution in [0.5, 0.6) is 0 Å². The van der Waals surface area contributed by atoms with Crippen LogP contribution in [0.15, 0.2) is 24.3 Å². The zero-order valence-electron chi connectivity index (χ0n) is 11.4. The smallest absolute Gasteiger partial charge is 0.328 e. The van der Waals surface area contributed by atoms with Crippen LogP contribution in [0.25, 0.3) is 0 Å². The van der Waals surface area contributed by atoms with Crippen molar-refractivity contribution in [2.75, 3.05) is 13.7 Å². The Labute approximate surface area is 113 Å². The van der Waals surface area contributed by atoms with E-state index in [9.17, 15) is 9.59 Å². The Bertz CT molecular complexity index is 484. The molecule has 1 atom stereocenters. The molecule has 0 spiro atoms. The first-order chi connectivity index (χ1) is 9.13. The number of likely N-dealkylation sites (tertiary alicyclic amines) is 1. The molecule has 0 aliphatic carbocycles. The lowest BCUT2D eigenvalue weighted by atomic mass is 10.0. The van der Waals surface area contributed by atoms with Crippen molar-refractivity contribution in [1.82, 2.24) is 4.90 Å². The first kappa shape index (κ1) is 13.6. The highest BCUT2D eigenvalue weighted by Gasteiger charge is 2.33. The normalized spacial score (nSPS) is 19.1. The summed E-state index contributed by atoms with van der Waals surface area (Å²) in [5.74, 6) is -0.403. The van der Waals surface area contributed by atoms with E-state index in [1.807, 2.05) is 25.1 Å². The lowest BCUT2D eigenvalue weighted by Crippen LogP contribution is -2.48. The molecule has 2 rings (SSSR count). The molecule has 0 radical (unpaired) electrons. The second-order valence-electron chi connectivity index (χ2n) is 4.90. The molecule has 4 heteroatoms. The van der Waals surface area contributed by atoms with E-state index in [0.717, 1.165) is 18.4 Å². The van der Waals surface area contributed by atoms with Crippen LogP contribution in [0.2, 0.25) is 0 Å². The van der Waals surface area contributed by atoms with Gasteiger partial charge in [0.1, 0.15) is 6.04 Å². The van der Waals surface area contributed by atoms with Gasteiger partial charge >= 0.3 is 5.97 Å². The quantitative estimate of drug-likeness (QED) is 0.766. The summed E-state index contributed by atoms with van der Waals surface area (Å²) in [6.07, 6.45) is 2.58. The van der Waals surface area contributed by atoms with Gasteiger partial charge < -0.3 is 9.64 Å². The standard InChI is InChI=1S/C15H19NO3/c1-11-6-5-7-12(10-11)14(17)16-9-4-3-8-13(16)15(18)19-2/h5-7,10,13H,3-4,8-9H2,1-2H3/t13-/m0/s1. The lowest BCUT2D eigenvalue weighted by molar-refractivity contribution is -0.147. The van der Waals surface area contributed by atoms with E-state index in [1.165, 1.54) is 7.11 Å². The fourth-order valence-electron chi connectivity index (χ4n) is 2.50. The third-order valence-electron chi connectivity index (χ3n) is 3.50. The summed E-state index contributed by atoms with van der Waals surface area (Å²) in [6, 6.07) is 7.01. The summed E-state index contributed by atoms with van der Waals surface area (Å²) >= 11 is 0. The Kier molecular flexibility index (Phi) is 4.20. The van der Waals surface area contributed by atoms with E-state index in [2.05, 4.69) is 0 Å². The van der Waals surface area contributed by atoms with Crippen molar-refractivity contribution in [3.63, 3.8) is 0 Å². The summed E-state index contributed by atoms with van der Waals surface area (Å²) in [5, 5.41) is 0. The second kappa shape index (κ2) is 5.87. The molecular weight excluding hydrogens is 242 g/mol. The van der Waals surface area contributed by atoms with Crippen molar-refractivity contribution in [3.05, 3.63) is 35.4 Å². The number of methoxy groups -OCH3 is 1. The number of benzene rings is 1. The minimum Gasteiger partial charge on any atom is -0.467 e. The third kappa shape index (κ3) is 2.95. The topological polar surface area (TPSA) is 46.6 Å². The molecule has 4 nitrogen and oxygen atoms in total. The van der Waals surface area contributed by atoms with Gasteiger partial charge in [0.25, 0.3) is 5.91 Å². The zero-order valence-corrected chi connectivity index (χ0v) is 11.4. The molecule has 0 N–H and O–H groups in total. The fourth-order valence-corrected chi connectivity index (χ4v) is 2.50. The van der Waals surface area contributed by atoms with Crippen molar-refractivity contribution in [1.29, 1.82) is 0 Å². The van der Waals surface area contributed by atoms with Crippen molar-refractivity contribution < 1.29 is 14.3 Å². The van der Waals surface area contributed by atoms with Crippen LogP contribution in [0.4, 0.5) is 0 Å². The Balaban J connectivity index is 2.22. The first-order valence-corrected chi connectivity index (χ1v) is 6.59. The number of carbonyl (C=O) groups excluding carboxylic acids is 2. The van der Waals surface area contributed by atoms with Gasteiger partial charge in [-0.05, 0) is 38.3 Å². The van der Waals surface area contributed by atoms with Gasteiger partial charge in [0.2, 0.25) is 0 Å². The molecule has 1 fully saturated rings. The number of esters is 1. The fraction of sp³-hybridized carbons (Fsp3) is 0.467. The van der Waals surface area contributed by atoms with Gasteiger partial charge in [-0.1, -0.05) is 17.7 Å². The van der Waals surface area contributed by atoms with Crippen LogP contribution in [-0.2, 0) is 9.53 Å². The van der Waals surface area contributed by atoms with E-state index in [-0.39, 0.29) is 11.9 Å². The molecular formula is C15H19NO3. The number of ether oxygens (including phenoxy) is 1. The van der Waals surface area contributed by atoms with Crippen LogP contribution in [0.3, 0.4) is 0 Å². The molecule has 0 saturated carbocycles. The van der Waals surface area contributed by atoms with Crippen molar-refractivity contribution in [3.8, 4) is 0 Å². The largest absolute Gasteiger partial charge is 0.467 e. The molecule has 1 aliphatic rings. The van der Waals surface area contributed by atoms with Gasteiger partial charge in [-0.3, -0.25) is 4.79 Å². The molecule has 0 unspecified atom stereocenters. The molecule has 19 heavy (non-hydrogen) atoms. The third-order valence-corrected chi connectivity index (χ3v) is 3.50. The van der Waals surface area contributed by atoms with Crippen LogP contribution in [0, 0.1) is 6.92 Å². The number of hydrogen-bond donors (Lipinski definition) is 0. The van der Waals surface area contributed by atoms with Crippen molar-refractivity contribution in [2.24, 2.45) is 0 Å². The Morgan fingerprint density at radius 3 is 2.79 bits per heavy atom.